The first kappa shape index (κ1) is 24.8. The summed E-state index contributed by atoms with van der Waals surface area (Å²) in [5.41, 5.74) is 11.3. The SMILES string of the molecule is N=C(N)NCCCC[C@H](N)c1noc([C@H](CCC(=O)O)NC(=O)N2CCCC2C(=O)O)n1. The molecule has 2 amide bonds. The molecule has 32 heavy (non-hydrogen) atoms. The number of hydrogen-bond acceptors (Lipinski definition) is 8. The molecule has 9 N–H and O–H groups in total. The molecule has 1 aliphatic rings. The summed E-state index contributed by atoms with van der Waals surface area (Å²) in [6.45, 7) is 0.823. The van der Waals surface area contributed by atoms with Crippen LogP contribution in [0.5, 0.6) is 0 Å². The Kier molecular flexibility index (Phi) is 9.19. The van der Waals surface area contributed by atoms with Crippen LogP contribution >= 0.6 is 0 Å². The van der Waals surface area contributed by atoms with Crippen molar-refractivity contribution in [3.63, 3.8) is 0 Å². The summed E-state index contributed by atoms with van der Waals surface area (Å²) in [5.74, 6) is -2.03. The van der Waals surface area contributed by atoms with Gasteiger partial charge in [0.1, 0.15) is 12.1 Å². The summed E-state index contributed by atoms with van der Waals surface area (Å²) in [6, 6.07) is -3.00. The van der Waals surface area contributed by atoms with Crippen LogP contribution in [0.2, 0.25) is 0 Å². The zero-order chi connectivity index (χ0) is 23.7. The maximum atomic E-state index is 12.6. The number of carbonyl (C=O) groups is 3. The molecule has 14 nitrogen and oxygen atoms in total. The first-order valence-corrected chi connectivity index (χ1v) is 10.4. The van der Waals surface area contributed by atoms with E-state index in [4.69, 9.17) is 26.5 Å². The Labute approximate surface area is 184 Å². The third kappa shape index (κ3) is 7.37. The van der Waals surface area contributed by atoms with Gasteiger partial charge in [-0.3, -0.25) is 10.2 Å². The van der Waals surface area contributed by atoms with Gasteiger partial charge in [-0.2, -0.15) is 4.98 Å². The zero-order valence-corrected chi connectivity index (χ0v) is 17.6. The molecular weight excluding hydrogens is 424 g/mol. The number of unbranched alkanes of at least 4 members (excludes halogenated alkanes) is 1. The minimum atomic E-state index is -1.09. The molecule has 0 bridgehead atoms. The number of urea groups is 1. The monoisotopic (exact) mass is 454 g/mol. The molecule has 1 aromatic heterocycles. The van der Waals surface area contributed by atoms with Crippen molar-refractivity contribution >= 4 is 23.9 Å². The predicted octanol–water partition coefficient (Wildman–Crippen LogP) is -0.113. The second-order valence-corrected chi connectivity index (χ2v) is 7.56. The van der Waals surface area contributed by atoms with Gasteiger partial charge >= 0.3 is 18.0 Å². The van der Waals surface area contributed by atoms with Gasteiger partial charge in [-0.25, -0.2) is 9.59 Å². The number of likely N-dealkylation sites (tertiary alicyclic amines) is 1. The average molecular weight is 454 g/mol. The summed E-state index contributed by atoms with van der Waals surface area (Å²) in [6.07, 6.45) is 2.63. The Morgan fingerprint density at radius 1 is 1.28 bits per heavy atom. The third-order valence-corrected chi connectivity index (χ3v) is 5.09. The van der Waals surface area contributed by atoms with Gasteiger partial charge in [-0.15, -0.1) is 0 Å². The number of carboxylic acids is 2. The van der Waals surface area contributed by atoms with E-state index in [0.717, 1.165) is 12.8 Å². The topological polar surface area (TPSA) is 234 Å². The molecule has 1 aromatic rings. The van der Waals surface area contributed by atoms with Crippen molar-refractivity contribution in [1.29, 1.82) is 5.41 Å². The summed E-state index contributed by atoms with van der Waals surface area (Å²) in [7, 11) is 0. The van der Waals surface area contributed by atoms with Gasteiger partial charge in [-0.05, 0) is 38.5 Å². The minimum Gasteiger partial charge on any atom is -0.481 e. The fourth-order valence-corrected chi connectivity index (χ4v) is 3.40. The van der Waals surface area contributed by atoms with Crippen molar-refractivity contribution in [1.82, 2.24) is 25.7 Å². The third-order valence-electron chi connectivity index (χ3n) is 5.09. The molecule has 14 heteroatoms. The lowest BCUT2D eigenvalue weighted by Gasteiger charge is -2.24. The van der Waals surface area contributed by atoms with E-state index >= 15 is 0 Å². The van der Waals surface area contributed by atoms with Gasteiger partial charge in [0.05, 0.1) is 6.04 Å². The molecule has 2 heterocycles. The van der Waals surface area contributed by atoms with E-state index < -0.39 is 36.1 Å². The van der Waals surface area contributed by atoms with E-state index in [2.05, 4.69) is 20.8 Å². The number of carboxylic acid groups (broad SMARTS) is 2. The number of guanidine groups is 1. The molecule has 0 aliphatic carbocycles. The van der Waals surface area contributed by atoms with E-state index in [1.54, 1.807) is 0 Å². The lowest BCUT2D eigenvalue weighted by atomic mass is 10.1. The first-order valence-electron chi connectivity index (χ1n) is 10.4. The van der Waals surface area contributed by atoms with Gasteiger partial charge in [0.25, 0.3) is 0 Å². The molecule has 1 saturated heterocycles. The highest BCUT2D eigenvalue weighted by Gasteiger charge is 2.35. The Bertz CT molecular complexity index is 815. The number of carbonyl (C=O) groups excluding carboxylic acids is 1. The van der Waals surface area contributed by atoms with Crippen molar-refractivity contribution in [3.05, 3.63) is 11.7 Å². The van der Waals surface area contributed by atoms with Crippen LogP contribution in [0.15, 0.2) is 4.52 Å². The molecule has 1 aliphatic heterocycles. The van der Waals surface area contributed by atoms with Crippen molar-refractivity contribution in [2.75, 3.05) is 13.1 Å². The van der Waals surface area contributed by atoms with Gasteiger partial charge in [0, 0.05) is 19.5 Å². The number of nitrogens with two attached hydrogens (primary N) is 2. The van der Waals surface area contributed by atoms with Crippen LogP contribution in [0.1, 0.15) is 68.7 Å². The van der Waals surface area contributed by atoms with Crippen LogP contribution in [-0.4, -0.2) is 68.3 Å². The van der Waals surface area contributed by atoms with Gasteiger partial charge < -0.3 is 41.7 Å². The molecular formula is C18H30N8O6. The van der Waals surface area contributed by atoms with Crippen molar-refractivity contribution in [2.24, 2.45) is 11.5 Å². The van der Waals surface area contributed by atoms with Crippen molar-refractivity contribution in [2.45, 2.75) is 63.1 Å². The lowest BCUT2D eigenvalue weighted by Crippen LogP contribution is -2.47. The van der Waals surface area contributed by atoms with Crippen LogP contribution in [0.4, 0.5) is 4.79 Å². The van der Waals surface area contributed by atoms with Gasteiger partial charge in [0.15, 0.2) is 11.8 Å². The van der Waals surface area contributed by atoms with E-state index in [1.165, 1.54) is 4.90 Å². The molecule has 0 aromatic carbocycles. The van der Waals surface area contributed by atoms with E-state index in [-0.39, 0.29) is 37.1 Å². The molecule has 178 valence electrons. The Balaban J connectivity index is 2.00. The molecule has 0 spiro atoms. The van der Waals surface area contributed by atoms with Crippen molar-refractivity contribution < 1.29 is 29.1 Å². The van der Waals surface area contributed by atoms with E-state index in [9.17, 15) is 19.5 Å². The Morgan fingerprint density at radius 2 is 2.03 bits per heavy atom. The quantitative estimate of drug-likeness (QED) is 0.125. The normalized spacial score (nSPS) is 17.5. The highest BCUT2D eigenvalue weighted by Crippen LogP contribution is 2.23. The maximum Gasteiger partial charge on any atom is 0.326 e. The zero-order valence-electron chi connectivity index (χ0n) is 17.6. The maximum absolute atomic E-state index is 12.6. The summed E-state index contributed by atoms with van der Waals surface area (Å²) < 4.78 is 5.24. The van der Waals surface area contributed by atoms with Gasteiger partial charge in [-0.1, -0.05) is 5.16 Å². The largest absolute Gasteiger partial charge is 0.481 e. The van der Waals surface area contributed by atoms with Crippen LogP contribution in [0, 0.1) is 5.41 Å². The number of hydrogen-bond donors (Lipinski definition) is 7. The van der Waals surface area contributed by atoms with E-state index in [0.29, 0.717) is 25.8 Å². The summed E-state index contributed by atoms with van der Waals surface area (Å²) in [4.78, 5) is 40.5. The highest BCUT2D eigenvalue weighted by molar-refractivity contribution is 5.83. The molecule has 0 saturated carbocycles. The van der Waals surface area contributed by atoms with Crippen molar-refractivity contribution in [3.8, 4) is 0 Å². The highest BCUT2D eigenvalue weighted by atomic mass is 16.5. The number of aliphatic carboxylic acids is 2. The van der Waals surface area contributed by atoms with Gasteiger partial charge in [0.2, 0.25) is 5.89 Å². The fraction of sp³-hybridized carbons (Fsp3) is 0.667. The first-order chi connectivity index (χ1) is 15.2. The molecule has 0 radical (unpaired) electrons. The Morgan fingerprint density at radius 3 is 2.69 bits per heavy atom. The van der Waals surface area contributed by atoms with Crippen LogP contribution in [-0.2, 0) is 9.59 Å². The van der Waals surface area contributed by atoms with E-state index in [1.807, 2.05) is 0 Å². The number of aromatic nitrogens is 2. The minimum absolute atomic E-state index is 0.00867. The second-order valence-electron chi connectivity index (χ2n) is 7.56. The number of nitrogens with one attached hydrogen (secondary N) is 3. The summed E-state index contributed by atoms with van der Waals surface area (Å²) in [5, 5.41) is 34.6. The molecule has 1 fully saturated rings. The molecule has 3 atom stereocenters. The second kappa shape index (κ2) is 11.8. The smallest absolute Gasteiger partial charge is 0.326 e. The van der Waals surface area contributed by atoms with Crippen LogP contribution < -0.4 is 22.1 Å². The average Bonchev–Trinajstić information content (AvgIpc) is 3.40. The van der Waals surface area contributed by atoms with Crippen LogP contribution in [0.3, 0.4) is 0 Å². The fourth-order valence-electron chi connectivity index (χ4n) is 3.40. The predicted molar refractivity (Wildman–Crippen MR) is 111 cm³/mol. The van der Waals surface area contributed by atoms with Crippen LogP contribution in [0.25, 0.3) is 0 Å². The standard InChI is InChI=1S/C18H30N8O6/c19-10(4-1-2-8-22-17(20)21)14-24-15(32-25-14)11(6-7-13(27)28)23-18(31)26-9-3-5-12(26)16(29)30/h10-12H,1-9,19H2,(H,23,31)(H,27,28)(H,29,30)(H4,20,21,22)/t10-,11-,12?/m0/s1. The molecule has 1 unspecified atom stereocenters. The number of rotatable bonds is 12. The Hall–Kier alpha value is -3.42. The lowest BCUT2D eigenvalue weighted by molar-refractivity contribution is -0.141. The number of nitrogens with zero attached hydrogens (tertiary/aromatic N) is 3. The number of amides is 2. The molecule has 2 rings (SSSR count). The summed E-state index contributed by atoms with van der Waals surface area (Å²) >= 11 is 0.